The van der Waals surface area contributed by atoms with Crippen LogP contribution in [0.15, 0.2) is 17.0 Å². The SMILES string of the molecule is COc1cc2c(cc1S(=O)(=O)O)-c1ssc(=S)c1CC2.[NaH]. The van der Waals surface area contributed by atoms with Crippen molar-refractivity contribution in [3.8, 4) is 16.2 Å². The van der Waals surface area contributed by atoms with Crippen LogP contribution in [0.3, 0.4) is 0 Å². The summed E-state index contributed by atoms with van der Waals surface area (Å²) in [5, 5.41) is 0. The van der Waals surface area contributed by atoms with E-state index in [1.807, 2.05) is 0 Å². The molecule has 0 unspecified atom stereocenters. The number of fused-ring (bicyclic) bond motifs is 3. The summed E-state index contributed by atoms with van der Waals surface area (Å²) in [5.41, 5.74) is 2.96. The zero-order valence-corrected chi connectivity index (χ0v) is 13.6. The molecule has 4 nitrogen and oxygen atoms in total. The molecule has 9 heteroatoms. The second-order valence-electron chi connectivity index (χ2n) is 4.40. The van der Waals surface area contributed by atoms with Crippen molar-refractivity contribution in [1.82, 2.24) is 0 Å². The van der Waals surface area contributed by atoms with Gasteiger partial charge in [-0.25, -0.2) is 0 Å². The van der Waals surface area contributed by atoms with Crippen molar-refractivity contribution in [2.75, 3.05) is 7.11 Å². The van der Waals surface area contributed by atoms with E-state index < -0.39 is 10.1 Å². The monoisotopic (exact) mass is 370 g/mol. The summed E-state index contributed by atoms with van der Waals surface area (Å²) >= 11 is 5.29. The molecule has 108 valence electrons. The molecule has 0 atom stereocenters. The maximum absolute atomic E-state index is 11.5. The first-order chi connectivity index (χ1) is 9.41. The molecule has 0 spiro atoms. The van der Waals surface area contributed by atoms with Crippen molar-refractivity contribution in [1.29, 1.82) is 0 Å². The van der Waals surface area contributed by atoms with Crippen LogP contribution in [0.5, 0.6) is 5.75 Å². The average Bonchev–Trinajstić information content (AvgIpc) is 2.78. The van der Waals surface area contributed by atoms with Gasteiger partial charge in [-0.1, -0.05) is 32.9 Å². The van der Waals surface area contributed by atoms with Crippen LogP contribution in [0.1, 0.15) is 11.1 Å². The Hall–Kier alpha value is 0.200. The predicted octanol–water partition coefficient (Wildman–Crippen LogP) is 2.91. The van der Waals surface area contributed by atoms with Gasteiger partial charge in [0, 0.05) is 5.56 Å². The van der Waals surface area contributed by atoms with E-state index in [4.69, 9.17) is 17.0 Å². The second kappa shape index (κ2) is 6.37. The molecule has 0 amide bonds. The number of benzene rings is 1. The Bertz CT molecular complexity index is 851. The molecule has 0 bridgehead atoms. The second-order valence-corrected chi connectivity index (χ2v) is 8.60. The van der Waals surface area contributed by atoms with E-state index in [2.05, 4.69) is 0 Å². The van der Waals surface area contributed by atoms with Crippen molar-refractivity contribution in [2.24, 2.45) is 0 Å². The summed E-state index contributed by atoms with van der Waals surface area (Å²) in [4.78, 5) is 0.810. The first-order valence-corrected chi connectivity index (χ1v) is 9.72. The molecule has 1 N–H and O–H groups in total. The van der Waals surface area contributed by atoms with Crippen LogP contribution in [0.25, 0.3) is 10.4 Å². The van der Waals surface area contributed by atoms with Gasteiger partial charge in [-0.3, -0.25) is 4.55 Å². The van der Waals surface area contributed by atoms with E-state index in [0.717, 1.165) is 38.2 Å². The van der Waals surface area contributed by atoms with E-state index in [1.54, 1.807) is 16.4 Å². The predicted molar refractivity (Wildman–Crippen MR) is 89.4 cm³/mol. The van der Waals surface area contributed by atoms with Gasteiger partial charge in [0.1, 0.15) is 14.5 Å². The van der Waals surface area contributed by atoms with E-state index in [0.29, 0.717) is 0 Å². The zero-order chi connectivity index (χ0) is 14.5. The Labute approximate surface area is 157 Å². The van der Waals surface area contributed by atoms with Crippen LogP contribution in [-0.2, 0) is 23.0 Å². The summed E-state index contributed by atoms with van der Waals surface area (Å²) in [6.07, 6.45) is 1.65. The van der Waals surface area contributed by atoms with Gasteiger partial charge in [-0.15, -0.1) is 0 Å². The van der Waals surface area contributed by atoms with Crippen molar-refractivity contribution >= 4 is 72.6 Å². The third kappa shape index (κ3) is 3.13. The molecule has 1 aliphatic carbocycles. The van der Waals surface area contributed by atoms with E-state index in [1.165, 1.54) is 23.5 Å². The Balaban J connectivity index is 0.00000161. The summed E-state index contributed by atoms with van der Waals surface area (Å²) in [6, 6.07) is 3.17. The van der Waals surface area contributed by atoms with Crippen LogP contribution in [0.4, 0.5) is 0 Å². The Morgan fingerprint density at radius 3 is 2.62 bits per heavy atom. The van der Waals surface area contributed by atoms with Gasteiger partial charge in [0.25, 0.3) is 10.1 Å². The molecule has 1 aliphatic rings. The first-order valence-electron chi connectivity index (χ1n) is 5.72. The Morgan fingerprint density at radius 1 is 1.29 bits per heavy atom. The van der Waals surface area contributed by atoms with Crippen LogP contribution >= 0.6 is 32.9 Å². The van der Waals surface area contributed by atoms with Gasteiger partial charge in [-0.2, -0.15) is 8.42 Å². The Kier molecular flexibility index (Phi) is 5.32. The molecule has 1 aromatic carbocycles. The minimum atomic E-state index is -4.32. The molecule has 1 aromatic heterocycles. The molecule has 21 heavy (non-hydrogen) atoms. The number of aryl methyl sites for hydroxylation is 1. The fraction of sp³-hybridized carbons (Fsp3) is 0.250. The molecule has 0 saturated carbocycles. The van der Waals surface area contributed by atoms with Gasteiger partial charge in [0.15, 0.2) is 0 Å². The molecule has 0 radical (unpaired) electrons. The fourth-order valence-corrected chi connectivity index (χ4v) is 6.04. The molecular formula is C12H11NaO4S4. The van der Waals surface area contributed by atoms with Crippen LogP contribution in [-0.4, -0.2) is 49.6 Å². The van der Waals surface area contributed by atoms with Gasteiger partial charge in [0.2, 0.25) is 0 Å². The fourth-order valence-electron chi connectivity index (χ4n) is 2.34. The number of ether oxygens (including phenoxy) is 1. The van der Waals surface area contributed by atoms with E-state index in [-0.39, 0.29) is 40.2 Å². The van der Waals surface area contributed by atoms with Crippen LogP contribution in [0.2, 0.25) is 0 Å². The average molecular weight is 370 g/mol. The molecule has 3 rings (SSSR count). The Morgan fingerprint density at radius 2 is 2.00 bits per heavy atom. The third-order valence-electron chi connectivity index (χ3n) is 3.28. The van der Waals surface area contributed by atoms with Crippen molar-refractivity contribution in [3.05, 3.63) is 27.1 Å². The van der Waals surface area contributed by atoms with Crippen molar-refractivity contribution in [2.45, 2.75) is 17.7 Å². The normalized spacial score (nSPS) is 13.0. The summed E-state index contributed by atoms with van der Waals surface area (Å²) in [5.74, 6) is 0.175. The van der Waals surface area contributed by atoms with Gasteiger partial charge < -0.3 is 4.74 Å². The summed E-state index contributed by atoms with van der Waals surface area (Å²) in [7, 11) is 0.138. The quantitative estimate of drug-likeness (QED) is 0.381. The number of hydrogen-bond donors (Lipinski definition) is 1. The standard InChI is InChI=1S/C12H10O4S4.Na.H/c1-16-9-4-6-2-3-7-11(18-19-12(7)17)8(6)5-10(9)20(13,14)15;;/h4-5H,2-3H2,1H3,(H,13,14,15);;. The van der Waals surface area contributed by atoms with Crippen molar-refractivity contribution in [3.63, 3.8) is 0 Å². The first kappa shape index (κ1) is 17.6. The van der Waals surface area contributed by atoms with Crippen LogP contribution in [0, 0.1) is 3.82 Å². The van der Waals surface area contributed by atoms with E-state index >= 15 is 0 Å². The molecule has 0 saturated heterocycles. The molecule has 0 fully saturated rings. The van der Waals surface area contributed by atoms with E-state index in [9.17, 15) is 13.0 Å². The molecule has 1 heterocycles. The van der Waals surface area contributed by atoms with Gasteiger partial charge >= 0.3 is 29.6 Å². The number of rotatable bonds is 2. The molecular weight excluding hydrogens is 359 g/mol. The van der Waals surface area contributed by atoms with Gasteiger partial charge in [-0.05, 0) is 36.1 Å². The van der Waals surface area contributed by atoms with Crippen LogP contribution < -0.4 is 4.74 Å². The topological polar surface area (TPSA) is 63.6 Å². The van der Waals surface area contributed by atoms with Crippen molar-refractivity contribution < 1.29 is 17.7 Å². The molecule has 2 aromatic rings. The number of methoxy groups -OCH3 is 1. The zero-order valence-electron chi connectivity index (χ0n) is 10.4. The minimum absolute atomic E-state index is 0. The number of hydrogen-bond acceptors (Lipinski definition) is 6. The molecule has 0 aliphatic heterocycles. The summed E-state index contributed by atoms with van der Waals surface area (Å²) in [6.45, 7) is 0. The summed E-state index contributed by atoms with van der Waals surface area (Å²) < 4.78 is 38.2. The van der Waals surface area contributed by atoms with Gasteiger partial charge in [0.05, 0.1) is 12.0 Å². The maximum atomic E-state index is 11.5. The third-order valence-corrected chi connectivity index (χ3v) is 7.33.